The van der Waals surface area contributed by atoms with Gasteiger partial charge in [-0.15, -0.1) is 0 Å². The molecule has 2 aliphatic rings. The average molecular weight is 715 g/mol. The quantitative estimate of drug-likeness (QED) is 0.125. The molecule has 3 N–H and O–H groups in total. The second-order valence-electron chi connectivity index (χ2n) is 13.8. The monoisotopic (exact) mass is 714 g/mol. The van der Waals surface area contributed by atoms with Crippen LogP contribution in [0.15, 0.2) is 67.0 Å². The molecule has 2 aromatic carbocycles. The molecular weight excluding hydrogens is 664 g/mol. The largest absolute Gasteiger partial charge is 0.495 e. The first kappa shape index (κ1) is 39.3. The van der Waals surface area contributed by atoms with Crippen LogP contribution >= 0.6 is 0 Å². The molecule has 13 heteroatoms. The van der Waals surface area contributed by atoms with Crippen LogP contribution in [-0.4, -0.2) is 69.4 Å². The highest BCUT2D eigenvalue weighted by molar-refractivity contribution is 6.09. The van der Waals surface area contributed by atoms with Crippen molar-refractivity contribution in [3.8, 4) is 5.75 Å². The Balaban J connectivity index is 0.00000605. The third kappa shape index (κ3) is 9.25. The molecule has 1 saturated carbocycles. The Hall–Kier alpha value is -5.46. The van der Waals surface area contributed by atoms with Crippen molar-refractivity contribution in [2.75, 3.05) is 17.7 Å². The van der Waals surface area contributed by atoms with E-state index < -0.39 is 47.5 Å². The van der Waals surface area contributed by atoms with Gasteiger partial charge in [0.05, 0.1) is 31.4 Å². The molecule has 1 unspecified atom stereocenters. The van der Waals surface area contributed by atoms with E-state index in [1.807, 2.05) is 25.1 Å². The number of hydrogen-bond acceptors (Lipinski definition) is 8. The second kappa shape index (κ2) is 16.7. The highest BCUT2D eigenvalue weighted by Gasteiger charge is 2.55. The van der Waals surface area contributed by atoms with Gasteiger partial charge in [0.15, 0.2) is 0 Å². The minimum Gasteiger partial charge on any atom is -0.495 e. The summed E-state index contributed by atoms with van der Waals surface area (Å²) < 4.78 is 10.9. The summed E-state index contributed by atoms with van der Waals surface area (Å²) in [6.07, 6.45) is 4.76. The number of pyridine rings is 1. The van der Waals surface area contributed by atoms with E-state index >= 15 is 0 Å². The minimum absolute atomic E-state index is 0. The highest BCUT2D eigenvalue weighted by Crippen LogP contribution is 2.39. The number of hydrogen-bond donors (Lipinski definition) is 3. The van der Waals surface area contributed by atoms with Gasteiger partial charge in [-0.25, -0.2) is 14.5 Å². The molecule has 52 heavy (non-hydrogen) atoms. The number of aromatic nitrogens is 1. The van der Waals surface area contributed by atoms with Crippen LogP contribution in [0.25, 0.3) is 0 Å². The van der Waals surface area contributed by atoms with Crippen molar-refractivity contribution in [3.63, 3.8) is 0 Å². The van der Waals surface area contributed by atoms with Gasteiger partial charge in [0.1, 0.15) is 17.3 Å². The predicted molar refractivity (Wildman–Crippen MR) is 198 cm³/mol. The Morgan fingerprint density at radius 3 is 2.29 bits per heavy atom. The van der Waals surface area contributed by atoms with Crippen molar-refractivity contribution < 1.29 is 33.4 Å². The Kier molecular flexibility index (Phi) is 12.6. The Morgan fingerprint density at radius 2 is 1.65 bits per heavy atom. The average Bonchev–Trinajstić information content (AvgIpc) is 3.89. The number of esters is 1. The molecule has 2 atom stereocenters. The maximum absolute atomic E-state index is 14.2. The smallest absolute Gasteiger partial charge is 0.328 e. The summed E-state index contributed by atoms with van der Waals surface area (Å²) in [6.45, 7) is 8.74. The van der Waals surface area contributed by atoms with Crippen molar-refractivity contribution in [1.82, 2.24) is 20.1 Å². The summed E-state index contributed by atoms with van der Waals surface area (Å²) in [6, 6.07) is 13.0. The van der Waals surface area contributed by atoms with Crippen LogP contribution in [0.2, 0.25) is 0 Å². The molecule has 1 aliphatic carbocycles. The predicted octanol–water partition coefficient (Wildman–Crippen LogP) is 6.59. The molecule has 0 spiro atoms. The standard InChI is InChI=1S/C38H46N6O7.CH4/c1-23(2)51-33(45)21-30(27-15-17-39-18-16-27)40-34(46)31(19-25-11-12-25)44-35(47)38(4,5)43(37(44)49)22-26-13-14-29(32(20-26)50-6)42-36(48)41-28-10-8-7-9-24(28)3;/h7-10,13-18,20,23,25,30-31H,11-12,19,21-22H2,1-6H3,(H,40,46)(H2,41,42,48);1H4/t30?,31-;/m0./s1. The first-order valence-electron chi connectivity index (χ1n) is 17.1. The number of aryl methyl sites for hydroxylation is 1. The number of anilines is 2. The number of urea groups is 2. The van der Waals surface area contributed by atoms with E-state index in [1.165, 1.54) is 12.0 Å². The number of carbonyl (C=O) groups is 5. The summed E-state index contributed by atoms with van der Waals surface area (Å²) in [7, 11) is 1.47. The fraction of sp³-hybridized carbons (Fsp3) is 0.436. The van der Waals surface area contributed by atoms with Gasteiger partial charge in [-0.05, 0) is 94.0 Å². The molecular formula is C39H50N6O7. The Bertz CT molecular complexity index is 1780. The Labute approximate surface area is 305 Å². The summed E-state index contributed by atoms with van der Waals surface area (Å²) in [5.41, 5.74) is 2.02. The van der Waals surface area contributed by atoms with Gasteiger partial charge in [-0.3, -0.25) is 19.4 Å². The molecule has 1 aromatic heterocycles. The fourth-order valence-electron chi connectivity index (χ4n) is 6.11. The number of amides is 6. The number of nitrogens with zero attached hydrogens (tertiary/aromatic N) is 3. The Morgan fingerprint density at radius 1 is 0.981 bits per heavy atom. The van der Waals surface area contributed by atoms with E-state index in [-0.39, 0.29) is 32.4 Å². The van der Waals surface area contributed by atoms with Gasteiger partial charge < -0.3 is 30.3 Å². The molecule has 1 saturated heterocycles. The van der Waals surface area contributed by atoms with Crippen LogP contribution in [0.4, 0.5) is 21.0 Å². The van der Waals surface area contributed by atoms with Crippen LogP contribution in [-0.2, 0) is 25.7 Å². The molecule has 2 fully saturated rings. The zero-order chi connectivity index (χ0) is 36.9. The van der Waals surface area contributed by atoms with E-state index in [0.717, 1.165) is 23.3 Å². The van der Waals surface area contributed by atoms with E-state index in [1.54, 1.807) is 76.5 Å². The molecule has 278 valence electrons. The fourth-order valence-corrected chi connectivity index (χ4v) is 6.11. The van der Waals surface area contributed by atoms with Crippen LogP contribution in [0.1, 0.15) is 83.5 Å². The number of carbonyl (C=O) groups excluding carboxylic acids is 5. The number of methoxy groups -OCH3 is 1. The normalized spacial score (nSPS) is 16.1. The van der Waals surface area contributed by atoms with Crippen molar-refractivity contribution in [2.45, 2.75) is 98.0 Å². The lowest BCUT2D eigenvalue weighted by Gasteiger charge is -2.28. The number of nitrogens with one attached hydrogen (secondary N) is 3. The SMILES string of the molecule is C.COc1cc(CN2C(=O)N([C@@H](CC3CC3)C(=O)NC(CC(=O)OC(C)C)c3ccncc3)C(=O)C2(C)C)ccc1NC(=O)Nc1ccccc1C. The van der Waals surface area contributed by atoms with E-state index in [9.17, 15) is 24.0 Å². The van der Waals surface area contributed by atoms with Crippen molar-refractivity contribution in [2.24, 2.45) is 5.92 Å². The van der Waals surface area contributed by atoms with Crippen molar-refractivity contribution in [3.05, 3.63) is 83.7 Å². The third-order valence-electron chi connectivity index (χ3n) is 9.13. The van der Waals surface area contributed by atoms with Gasteiger partial charge in [0.25, 0.3) is 5.91 Å². The maximum Gasteiger partial charge on any atom is 0.328 e. The summed E-state index contributed by atoms with van der Waals surface area (Å²) in [5.74, 6) is -0.956. The van der Waals surface area contributed by atoms with Gasteiger partial charge in [-0.1, -0.05) is 44.5 Å². The van der Waals surface area contributed by atoms with Crippen LogP contribution in [0, 0.1) is 12.8 Å². The molecule has 13 nitrogen and oxygen atoms in total. The topological polar surface area (TPSA) is 159 Å². The number of ether oxygens (including phenoxy) is 2. The minimum atomic E-state index is -1.28. The molecule has 1 aliphatic heterocycles. The van der Waals surface area contributed by atoms with Gasteiger partial charge in [-0.2, -0.15) is 0 Å². The number of para-hydroxylation sites is 1. The lowest BCUT2D eigenvalue weighted by atomic mass is 10.0. The van der Waals surface area contributed by atoms with E-state index in [2.05, 4.69) is 20.9 Å². The zero-order valence-electron chi connectivity index (χ0n) is 29.9. The summed E-state index contributed by atoms with van der Waals surface area (Å²) in [5, 5.41) is 8.57. The van der Waals surface area contributed by atoms with E-state index in [4.69, 9.17) is 9.47 Å². The first-order chi connectivity index (χ1) is 24.3. The molecule has 6 amide bonds. The van der Waals surface area contributed by atoms with Gasteiger partial charge >= 0.3 is 18.0 Å². The molecule has 5 rings (SSSR count). The number of imide groups is 1. The number of benzene rings is 2. The summed E-state index contributed by atoms with van der Waals surface area (Å²) >= 11 is 0. The number of rotatable bonds is 14. The van der Waals surface area contributed by atoms with Crippen molar-refractivity contribution in [1.29, 1.82) is 0 Å². The second-order valence-corrected chi connectivity index (χ2v) is 13.8. The molecule has 2 heterocycles. The lowest BCUT2D eigenvalue weighted by Crippen LogP contribution is -2.51. The molecule has 0 bridgehead atoms. The molecule has 0 radical (unpaired) electrons. The lowest BCUT2D eigenvalue weighted by molar-refractivity contribution is -0.148. The van der Waals surface area contributed by atoms with Crippen molar-refractivity contribution >= 4 is 41.2 Å². The van der Waals surface area contributed by atoms with Crippen LogP contribution in [0.5, 0.6) is 5.75 Å². The van der Waals surface area contributed by atoms with Crippen LogP contribution < -0.4 is 20.7 Å². The highest BCUT2D eigenvalue weighted by atomic mass is 16.5. The van der Waals surface area contributed by atoms with Gasteiger partial charge in [0, 0.05) is 24.6 Å². The molecule has 3 aromatic rings. The van der Waals surface area contributed by atoms with Crippen LogP contribution in [0.3, 0.4) is 0 Å². The summed E-state index contributed by atoms with van der Waals surface area (Å²) in [4.78, 5) is 74.3. The van der Waals surface area contributed by atoms with Gasteiger partial charge in [0.2, 0.25) is 5.91 Å². The maximum atomic E-state index is 14.2. The third-order valence-corrected chi connectivity index (χ3v) is 9.13. The van der Waals surface area contributed by atoms with E-state index in [0.29, 0.717) is 34.7 Å². The zero-order valence-corrected chi connectivity index (χ0v) is 29.9. The first-order valence-corrected chi connectivity index (χ1v) is 17.1.